The summed E-state index contributed by atoms with van der Waals surface area (Å²) in [6.45, 7) is 12.1. The highest BCUT2D eigenvalue weighted by atomic mass is 32.1. The predicted molar refractivity (Wildman–Crippen MR) is 491 cm³/mol. The maximum atomic E-state index is 13.6. The summed E-state index contributed by atoms with van der Waals surface area (Å²) in [6.07, 6.45) is 11.4. The van der Waals surface area contributed by atoms with Crippen molar-refractivity contribution in [2.45, 2.75) is 53.4 Å². The summed E-state index contributed by atoms with van der Waals surface area (Å²) < 4.78 is 42.4. The van der Waals surface area contributed by atoms with Crippen molar-refractivity contribution in [3.8, 4) is 111 Å². The van der Waals surface area contributed by atoms with Crippen molar-refractivity contribution in [2.24, 2.45) is 0 Å². The van der Waals surface area contributed by atoms with Crippen LogP contribution in [0.3, 0.4) is 0 Å². The fraction of sp³-hybridized carbons (Fsp3) is 0.0792. The van der Waals surface area contributed by atoms with Crippen molar-refractivity contribution in [2.75, 3.05) is 0 Å². The quantitative estimate of drug-likeness (QED) is 0.0231. The van der Waals surface area contributed by atoms with Crippen molar-refractivity contribution in [3.05, 3.63) is 335 Å². The van der Waals surface area contributed by atoms with Gasteiger partial charge in [0.15, 0.2) is 28.8 Å². The summed E-state index contributed by atoms with van der Waals surface area (Å²) in [7, 11) is 0. The first kappa shape index (κ1) is 86.2. The number of carboxylic acid groups (broad SMARTS) is 4. The highest BCUT2D eigenvalue weighted by molar-refractivity contribution is 7.24. The van der Waals surface area contributed by atoms with Crippen LogP contribution in [-0.2, 0) is 31.0 Å². The van der Waals surface area contributed by atoms with E-state index in [2.05, 4.69) is 52.0 Å². The van der Waals surface area contributed by atoms with E-state index in [9.17, 15) is 48.8 Å². The molecule has 0 unspecified atom stereocenters. The number of thiophene rings is 4. The van der Waals surface area contributed by atoms with Crippen molar-refractivity contribution in [3.63, 3.8) is 0 Å². The number of carbonyl (C=O) groups is 5. The van der Waals surface area contributed by atoms with Crippen molar-refractivity contribution in [1.82, 2.24) is 0 Å². The maximum absolute atomic E-state index is 13.6. The topological polar surface area (TPSA) is 284 Å². The van der Waals surface area contributed by atoms with Gasteiger partial charge in [-0.2, -0.15) is 0 Å². The molecule has 0 saturated carbocycles. The highest BCUT2D eigenvalue weighted by Gasteiger charge is 2.27. The zero-order valence-electron chi connectivity index (χ0n) is 66.9. The molecule has 0 bridgehead atoms. The maximum Gasteiger partial charge on any atom is 0.328 e. The Labute approximate surface area is 722 Å². The number of phenols is 4. The van der Waals surface area contributed by atoms with Gasteiger partial charge in [0, 0.05) is 75.8 Å². The van der Waals surface area contributed by atoms with Crippen LogP contribution in [0.2, 0.25) is 0 Å². The summed E-state index contributed by atoms with van der Waals surface area (Å²) >= 11 is 6.09. The van der Waals surface area contributed by atoms with Crippen LogP contribution in [0.15, 0.2) is 285 Å². The van der Waals surface area contributed by atoms with Gasteiger partial charge in [-0.1, -0.05) is 155 Å². The standard InChI is InChI=1S/C27H24O4S.C25H18O5S.C25H20O4S.C24H17FO4S/c1-27(2,3)22-7-5-4-6-20(22)26-25(21-14-11-18(28)16-23(21)32-26)31-19-12-8-17(9-13-19)10-15-24(29)30;1-15(26)19-4-2-3-5-20(19)25-24(21-12-9-17(27)14-22(21)31-25)30-18-10-6-16(7-11-18)8-13-23(28)29;1-2-17-5-3-4-6-20(17)25-24(21-13-10-18(26)15-22(21)30-25)29-19-11-7-16(8-12-19)9-14-23(27)28;1-14-12-16(25)5-9-19(14)24-23(20-10-6-17(26)13-21(20)30-24)29-18-7-2-15(3-8-18)4-11-22(27)28/h4-16,28H,1-3H3,(H,29,30);2-14,27H,1H3,(H,28,29);3-15,26H,2H2,1H3,(H,27,28);2-13,26H,1H3,(H,27,28)/b15-10+;13-8+;14-9+;11-4+. The smallest absolute Gasteiger partial charge is 0.328 e. The summed E-state index contributed by atoms with van der Waals surface area (Å²) in [4.78, 5) is 58.7. The number of rotatable bonds is 22. The number of phenolic OH excluding ortho intramolecular Hbond substituents is 4. The molecule has 0 spiro atoms. The third-order valence-corrected chi connectivity index (χ3v) is 23.9. The molecule has 22 heteroatoms. The number of fused-ring (bicyclic) bond motifs is 4. The van der Waals surface area contributed by atoms with Gasteiger partial charge in [0.2, 0.25) is 0 Å². The van der Waals surface area contributed by atoms with E-state index in [0.29, 0.717) is 40.1 Å². The number of Topliss-reactive ketones (excluding diaryl/α,β-unsaturated/α-hetero) is 1. The van der Waals surface area contributed by atoms with E-state index >= 15 is 0 Å². The van der Waals surface area contributed by atoms with Crippen LogP contribution in [-0.4, -0.2) is 70.5 Å². The molecule has 12 aromatic carbocycles. The van der Waals surface area contributed by atoms with Gasteiger partial charge >= 0.3 is 23.9 Å². The first-order valence-electron chi connectivity index (χ1n) is 38.4. The highest BCUT2D eigenvalue weighted by Crippen LogP contribution is 2.53. The molecule has 616 valence electrons. The third kappa shape index (κ3) is 21.5. The lowest BCUT2D eigenvalue weighted by atomic mass is 9.83. The lowest BCUT2D eigenvalue weighted by Gasteiger charge is -2.23. The number of ketones is 1. The third-order valence-electron chi connectivity index (χ3n) is 19.2. The molecule has 0 amide bonds. The summed E-state index contributed by atoms with van der Waals surface area (Å²) in [5.74, 6) is 1.60. The van der Waals surface area contributed by atoms with Crippen molar-refractivity contribution in [1.29, 1.82) is 0 Å². The van der Waals surface area contributed by atoms with Gasteiger partial charge in [-0.15, -0.1) is 45.3 Å². The molecule has 0 aliphatic carbocycles. The van der Waals surface area contributed by atoms with Crippen LogP contribution in [0.1, 0.15) is 83.9 Å². The average Bonchev–Trinajstić information content (AvgIpc) is 1.64. The Hall–Kier alpha value is -14.7. The monoisotopic (exact) mass is 1710 g/mol. The largest absolute Gasteiger partial charge is 0.508 e. The van der Waals surface area contributed by atoms with Gasteiger partial charge in [0.1, 0.15) is 51.8 Å². The minimum Gasteiger partial charge on any atom is -0.508 e. The molecule has 0 aliphatic heterocycles. The van der Waals surface area contributed by atoms with Crippen molar-refractivity contribution < 1.29 is 88.2 Å². The van der Waals surface area contributed by atoms with E-state index in [0.717, 1.165) is 152 Å². The molecule has 16 rings (SSSR count). The van der Waals surface area contributed by atoms with Gasteiger partial charge in [-0.3, -0.25) is 4.79 Å². The molecule has 0 aliphatic rings. The number of benzene rings is 12. The number of aryl methyl sites for hydroxylation is 2. The molecule has 8 N–H and O–H groups in total. The van der Waals surface area contributed by atoms with E-state index in [1.807, 2.05) is 110 Å². The molecule has 0 atom stereocenters. The normalized spacial score (nSPS) is 11.4. The molecule has 4 aromatic heterocycles. The van der Waals surface area contributed by atoms with Crippen LogP contribution in [0, 0.1) is 12.7 Å². The Morgan fingerprint density at radius 3 is 0.984 bits per heavy atom. The number of halogens is 1. The Morgan fingerprint density at radius 2 is 0.659 bits per heavy atom. The summed E-state index contributed by atoms with van der Waals surface area (Å²) in [5.41, 5.74) is 10.7. The van der Waals surface area contributed by atoms with E-state index in [4.69, 9.17) is 39.4 Å². The zero-order valence-corrected chi connectivity index (χ0v) is 70.2. The number of carboxylic acids is 4. The summed E-state index contributed by atoms with van der Waals surface area (Å²) in [6, 6.07) is 77.9. The van der Waals surface area contributed by atoms with Gasteiger partial charge in [-0.25, -0.2) is 23.6 Å². The average molecular weight is 1710 g/mol. The fourth-order valence-corrected chi connectivity index (χ4v) is 18.2. The van der Waals surface area contributed by atoms with Crippen LogP contribution in [0.5, 0.6) is 69.0 Å². The first-order valence-corrected chi connectivity index (χ1v) is 41.7. The van der Waals surface area contributed by atoms with E-state index < -0.39 is 23.9 Å². The van der Waals surface area contributed by atoms with E-state index in [1.54, 1.807) is 150 Å². The second-order valence-electron chi connectivity index (χ2n) is 29.0. The molecule has 0 fully saturated rings. The second-order valence-corrected chi connectivity index (χ2v) is 33.2. The minimum atomic E-state index is -1.01. The number of hydrogen-bond donors (Lipinski definition) is 8. The second kappa shape index (κ2) is 38.6. The predicted octanol–water partition coefficient (Wildman–Crippen LogP) is 27.2. The lowest BCUT2D eigenvalue weighted by Crippen LogP contribution is -2.12. The Balaban J connectivity index is 0.000000141. The van der Waals surface area contributed by atoms with Crippen molar-refractivity contribution >= 4 is 140 Å². The van der Waals surface area contributed by atoms with Crippen LogP contribution >= 0.6 is 45.3 Å². The van der Waals surface area contributed by atoms with Gasteiger partial charge in [-0.05, 0) is 239 Å². The SMILES string of the molecule is CC(=O)c1ccccc1-c1sc2cc(O)ccc2c1Oc1ccc(/C=C/C(=O)O)cc1.CC(C)(C)c1ccccc1-c1sc2cc(O)ccc2c1Oc1ccc(/C=C/C(=O)O)cc1.CCc1ccccc1-c1sc2cc(O)ccc2c1Oc1ccc(/C=C/C(=O)O)cc1.Cc1cc(F)ccc1-c1sc2cc(O)ccc2c1Oc1ccc(/C=C/C(=O)O)cc1. The van der Waals surface area contributed by atoms with Crippen LogP contribution < -0.4 is 18.9 Å². The Kier molecular flexibility index (Phi) is 27.0. The Morgan fingerprint density at radius 1 is 0.358 bits per heavy atom. The van der Waals surface area contributed by atoms with E-state index in [1.165, 1.54) is 71.1 Å². The van der Waals surface area contributed by atoms with Gasteiger partial charge in [0.05, 0.1) is 19.5 Å². The first-order chi connectivity index (χ1) is 59.1. The van der Waals surface area contributed by atoms with E-state index in [-0.39, 0.29) is 40.0 Å². The van der Waals surface area contributed by atoms with Crippen LogP contribution in [0.25, 0.3) is 106 Å². The number of aliphatic carboxylic acids is 4. The molecule has 0 radical (unpaired) electrons. The number of aromatic hydroxyl groups is 4. The number of hydrogen-bond acceptors (Lipinski definition) is 17. The fourth-order valence-electron chi connectivity index (χ4n) is 13.3. The molecular formula is C101H79FO17S4. The van der Waals surface area contributed by atoms with Gasteiger partial charge in [0.25, 0.3) is 0 Å². The summed E-state index contributed by atoms with van der Waals surface area (Å²) in [5, 5.41) is 78.4. The number of carbonyl (C=O) groups excluding carboxylic acids is 1. The molecule has 4 heterocycles. The molecular weight excluding hydrogens is 1630 g/mol. The minimum absolute atomic E-state index is 0.0450. The molecule has 17 nitrogen and oxygen atoms in total. The molecule has 16 aromatic rings. The lowest BCUT2D eigenvalue weighted by molar-refractivity contribution is -0.132. The molecule has 123 heavy (non-hydrogen) atoms. The van der Waals surface area contributed by atoms with Gasteiger partial charge < -0.3 is 59.8 Å². The van der Waals surface area contributed by atoms with Crippen LogP contribution in [0.4, 0.5) is 4.39 Å². The molecule has 0 saturated heterocycles. The Bertz CT molecular complexity index is 6760. The zero-order chi connectivity index (χ0) is 87.2. The number of ether oxygens (including phenoxy) is 4.